The molecule has 0 unspecified atom stereocenters. The highest BCUT2D eigenvalue weighted by molar-refractivity contribution is 5.86. The number of ether oxygens (including phenoxy) is 1. The molecule has 0 amide bonds. The van der Waals surface area contributed by atoms with Crippen LogP contribution in [0.4, 0.5) is 17.2 Å². The molecule has 0 saturated heterocycles. The Morgan fingerprint density at radius 3 is 2.67 bits per heavy atom. The molecule has 0 saturated carbocycles. The molecule has 8 heteroatoms. The number of para-hydroxylation sites is 2. The van der Waals surface area contributed by atoms with E-state index in [0.717, 1.165) is 28.2 Å². The van der Waals surface area contributed by atoms with Crippen LogP contribution in [-0.2, 0) is 11.3 Å². The minimum Gasteiger partial charge on any atom is -0.425 e. The van der Waals surface area contributed by atoms with E-state index in [4.69, 9.17) is 10.5 Å². The fourth-order valence-corrected chi connectivity index (χ4v) is 3.92. The molecule has 33 heavy (non-hydrogen) atoms. The number of carbonyl (C=O) groups is 1. The second-order valence-electron chi connectivity index (χ2n) is 7.58. The Kier molecular flexibility index (Phi) is 5.02. The van der Waals surface area contributed by atoms with Gasteiger partial charge in [-0.3, -0.25) is 19.2 Å². The van der Waals surface area contributed by atoms with Crippen molar-refractivity contribution < 1.29 is 9.53 Å². The lowest BCUT2D eigenvalue weighted by Gasteiger charge is -2.21. The van der Waals surface area contributed by atoms with Crippen molar-refractivity contribution in [3.63, 3.8) is 0 Å². The van der Waals surface area contributed by atoms with Crippen molar-refractivity contribution in [1.29, 1.82) is 0 Å². The second-order valence-corrected chi connectivity index (χ2v) is 7.58. The minimum atomic E-state index is 0.0214. The summed E-state index contributed by atoms with van der Waals surface area (Å²) in [7, 11) is 0. The summed E-state index contributed by atoms with van der Waals surface area (Å²) in [6.07, 6.45) is 4.96. The van der Waals surface area contributed by atoms with Crippen LogP contribution in [0.3, 0.4) is 0 Å². The highest BCUT2D eigenvalue weighted by Gasteiger charge is 2.31. The van der Waals surface area contributed by atoms with Crippen LogP contribution in [0.1, 0.15) is 6.92 Å². The van der Waals surface area contributed by atoms with E-state index >= 15 is 0 Å². The first-order valence-electron chi connectivity index (χ1n) is 10.4. The Hall–Kier alpha value is -4.59. The molecule has 0 bridgehead atoms. The number of hydrogen-bond donors (Lipinski definition) is 1. The summed E-state index contributed by atoms with van der Waals surface area (Å²) in [5.74, 6) is 2.09. The highest BCUT2D eigenvalue weighted by Crippen LogP contribution is 2.44. The van der Waals surface area contributed by atoms with Crippen LogP contribution in [-0.4, -0.2) is 20.3 Å². The number of hydrogen-bond acceptors (Lipinski definition) is 7. The number of benzene rings is 2. The molecule has 5 rings (SSSR count). The van der Waals surface area contributed by atoms with Gasteiger partial charge in [0.15, 0.2) is 5.82 Å². The number of fused-ring (bicyclic) bond motifs is 2. The van der Waals surface area contributed by atoms with E-state index in [1.807, 2.05) is 70.5 Å². The maximum absolute atomic E-state index is 11.8. The molecule has 8 nitrogen and oxygen atoms in total. The van der Waals surface area contributed by atoms with Crippen LogP contribution in [0.2, 0.25) is 0 Å². The van der Waals surface area contributed by atoms with Crippen molar-refractivity contribution in [3.05, 3.63) is 91.7 Å². The van der Waals surface area contributed by atoms with Gasteiger partial charge in [-0.1, -0.05) is 18.7 Å². The number of carbonyl (C=O) groups excluding carboxylic acids is 1. The van der Waals surface area contributed by atoms with E-state index < -0.39 is 0 Å². The maximum Gasteiger partial charge on any atom is 0.303 e. The summed E-state index contributed by atoms with van der Waals surface area (Å²) in [4.78, 5) is 24.7. The zero-order chi connectivity index (χ0) is 22.9. The van der Waals surface area contributed by atoms with E-state index in [-0.39, 0.29) is 12.3 Å². The minimum absolute atomic E-state index is 0.0214. The Bertz CT molecular complexity index is 1390. The Balaban J connectivity index is 1.46. The van der Waals surface area contributed by atoms with Gasteiger partial charge in [0.05, 0.1) is 23.3 Å². The molecule has 0 aliphatic carbocycles. The van der Waals surface area contributed by atoms with Crippen molar-refractivity contribution >= 4 is 34.0 Å². The normalized spacial score (nSPS) is 13.2. The number of Topliss-reactive ketones (excluding diaryl/α,β-unsaturated/α-hetero) is 1. The fourth-order valence-electron chi connectivity index (χ4n) is 3.92. The smallest absolute Gasteiger partial charge is 0.303 e. The van der Waals surface area contributed by atoms with Crippen molar-refractivity contribution in [2.45, 2.75) is 13.5 Å². The first-order valence-corrected chi connectivity index (χ1v) is 10.4. The van der Waals surface area contributed by atoms with E-state index in [1.165, 1.54) is 6.20 Å². The fraction of sp³-hybridized carbons (Fsp3) is 0.0800. The number of ketones is 1. The number of aromatic nitrogens is 3. The largest absolute Gasteiger partial charge is 0.425 e. The van der Waals surface area contributed by atoms with E-state index in [1.54, 1.807) is 23.9 Å². The summed E-state index contributed by atoms with van der Waals surface area (Å²) < 4.78 is 7.86. The monoisotopic (exact) mass is 438 g/mol. The average molecular weight is 438 g/mol. The Labute approximate surface area is 190 Å². The first kappa shape index (κ1) is 20.3. The third-order valence-corrected chi connectivity index (χ3v) is 5.31. The van der Waals surface area contributed by atoms with Crippen LogP contribution in [0.15, 0.2) is 91.7 Å². The van der Waals surface area contributed by atoms with Crippen LogP contribution < -0.4 is 20.3 Å². The number of imidazole rings is 1. The van der Waals surface area contributed by atoms with Gasteiger partial charge < -0.3 is 10.5 Å². The average Bonchev–Trinajstić information content (AvgIpc) is 3.29. The Morgan fingerprint density at radius 2 is 1.91 bits per heavy atom. The van der Waals surface area contributed by atoms with Gasteiger partial charge in [0.2, 0.25) is 0 Å². The summed E-state index contributed by atoms with van der Waals surface area (Å²) in [5, 5.41) is 0. The zero-order valence-electron chi connectivity index (χ0n) is 18.0. The number of pyridine rings is 1. The summed E-state index contributed by atoms with van der Waals surface area (Å²) in [6, 6.07) is 19.4. The van der Waals surface area contributed by atoms with Crippen molar-refractivity contribution in [3.8, 4) is 11.8 Å². The summed E-state index contributed by atoms with van der Waals surface area (Å²) in [5.41, 5.74) is 9.01. The zero-order valence-corrected chi connectivity index (χ0v) is 18.0. The summed E-state index contributed by atoms with van der Waals surface area (Å²) >= 11 is 0. The van der Waals surface area contributed by atoms with Crippen molar-refractivity contribution in [1.82, 2.24) is 14.5 Å². The maximum atomic E-state index is 11.8. The molecule has 164 valence electrons. The summed E-state index contributed by atoms with van der Waals surface area (Å²) in [6.45, 7) is 5.94. The molecular weight excluding hydrogens is 416 g/mol. The third kappa shape index (κ3) is 3.57. The van der Waals surface area contributed by atoms with Crippen LogP contribution in [0.5, 0.6) is 11.8 Å². The molecule has 2 N–H and O–H groups in total. The topological polar surface area (TPSA) is 89.5 Å². The molecule has 0 atom stereocenters. The molecule has 0 fully saturated rings. The van der Waals surface area contributed by atoms with Gasteiger partial charge in [0.1, 0.15) is 17.4 Å². The Morgan fingerprint density at radius 1 is 1.12 bits per heavy atom. The third-order valence-electron chi connectivity index (χ3n) is 5.31. The predicted octanol–water partition coefficient (Wildman–Crippen LogP) is 4.67. The molecular formula is C25H22N6O2. The van der Waals surface area contributed by atoms with Crippen LogP contribution in [0, 0.1) is 0 Å². The highest BCUT2D eigenvalue weighted by atomic mass is 16.5. The number of nitrogens with zero attached hydrogens (tertiary/aromatic N) is 5. The lowest BCUT2D eigenvalue weighted by molar-refractivity contribution is -0.117. The van der Waals surface area contributed by atoms with Gasteiger partial charge in [0.25, 0.3) is 0 Å². The molecule has 2 aromatic carbocycles. The quantitative estimate of drug-likeness (QED) is 0.468. The van der Waals surface area contributed by atoms with Gasteiger partial charge in [0, 0.05) is 24.3 Å². The van der Waals surface area contributed by atoms with E-state index in [2.05, 4.69) is 16.5 Å². The number of nitrogens with two attached hydrogens (primary N) is 1. The van der Waals surface area contributed by atoms with E-state index in [0.29, 0.717) is 17.6 Å². The number of anilines is 3. The standard InChI is InChI=1S/C25H22N6O2/c1-17(32)16-30-22-7-4-3-6-21(22)28-25(30)33-20-11-9-19(10-12-20)31-18(2)29(15-13-26)23-8-5-14-27-24(23)31/h3-15H,2,16,26H2,1H3/b15-13-. The molecule has 0 radical (unpaired) electrons. The molecule has 3 heterocycles. The molecule has 1 aliphatic rings. The van der Waals surface area contributed by atoms with Crippen LogP contribution >= 0.6 is 0 Å². The lowest BCUT2D eigenvalue weighted by Crippen LogP contribution is -2.20. The number of rotatable bonds is 6. The van der Waals surface area contributed by atoms with Crippen molar-refractivity contribution in [2.24, 2.45) is 5.73 Å². The first-order chi connectivity index (χ1) is 16.1. The molecule has 4 aromatic rings. The van der Waals surface area contributed by atoms with Gasteiger partial charge in [-0.2, -0.15) is 4.98 Å². The van der Waals surface area contributed by atoms with Gasteiger partial charge in [-0.05, 0) is 55.5 Å². The molecule has 2 aromatic heterocycles. The molecule has 1 aliphatic heterocycles. The molecule has 0 spiro atoms. The SMILES string of the molecule is C=C1N(/C=C\N)c2cccnc2N1c1ccc(Oc2nc3ccccc3n2CC(C)=O)cc1. The second kappa shape index (κ2) is 8.16. The van der Waals surface area contributed by atoms with Gasteiger partial charge >= 0.3 is 6.01 Å². The lowest BCUT2D eigenvalue weighted by atomic mass is 10.2. The van der Waals surface area contributed by atoms with Crippen LogP contribution in [0.25, 0.3) is 11.0 Å². The van der Waals surface area contributed by atoms with E-state index in [9.17, 15) is 4.79 Å². The van der Waals surface area contributed by atoms with Gasteiger partial charge in [-0.15, -0.1) is 0 Å². The predicted molar refractivity (Wildman–Crippen MR) is 128 cm³/mol. The van der Waals surface area contributed by atoms with Crippen molar-refractivity contribution in [2.75, 3.05) is 9.80 Å². The van der Waals surface area contributed by atoms with Gasteiger partial charge in [-0.25, -0.2) is 4.98 Å².